The number of hydrogen-bond acceptors (Lipinski definition) is 3. The quantitative estimate of drug-likeness (QED) is 0.632. The minimum absolute atomic E-state index is 0.0283. The van der Waals surface area contributed by atoms with Gasteiger partial charge in [0.2, 0.25) is 0 Å². The molecule has 2 fully saturated rings. The molecular weight excluding hydrogens is 406 g/mol. The molecule has 2 aliphatic heterocycles. The predicted molar refractivity (Wildman–Crippen MR) is 122 cm³/mol. The van der Waals surface area contributed by atoms with E-state index in [0.717, 1.165) is 23.2 Å². The molecule has 2 saturated heterocycles. The van der Waals surface area contributed by atoms with E-state index in [1.807, 2.05) is 24.3 Å². The van der Waals surface area contributed by atoms with Crippen LogP contribution in [0, 0.1) is 0 Å². The third kappa shape index (κ3) is 3.57. The van der Waals surface area contributed by atoms with E-state index in [9.17, 15) is 14.7 Å². The molecule has 0 radical (unpaired) electrons. The summed E-state index contributed by atoms with van der Waals surface area (Å²) in [5.41, 5.74) is 3.47. The van der Waals surface area contributed by atoms with Gasteiger partial charge in [-0.3, -0.25) is 0 Å². The predicted octanol–water partition coefficient (Wildman–Crippen LogP) is 5.38. The number of rotatable bonds is 4. The van der Waals surface area contributed by atoms with Crippen LogP contribution in [0.3, 0.4) is 0 Å². The molecule has 5 rings (SSSR count). The smallest absolute Gasteiger partial charge is 0.408 e. The van der Waals surface area contributed by atoms with Crippen LogP contribution in [-0.4, -0.2) is 37.4 Å². The molecule has 0 unspecified atom stereocenters. The van der Waals surface area contributed by atoms with E-state index in [-0.39, 0.29) is 12.5 Å². The average Bonchev–Trinajstić information content (AvgIpc) is 3.37. The van der Waals surface area contributed by atoms with Crippen LogP contribution in [0.5, 0.6) is 0 Å². The first-order valence-corrected chi connectivity index (χ1v) is 14.2. The lowest BCUT2D eigenvalue weighted by Gasteiger charge is -2.41. The fourth-order valence-corrected chi connectivity index (χ4v) is 11.5. The van der Waals surface area contributed by atoms with Crippen molar-refractivity contribution >= 4 is 20.1 Å². The number of fused-ring (bicyclic) bond motifs is 3. The standard InChI is InChI=1S/C25H29NO4Si/c27-23(28)25(11-15-31(16-12-25)13-5-6-14-31)26-24(29)30-17-22-20-9-3-1-7-18(20)19-8-2-4-10-21(19)22/h1-4,7-10,22H,5-6,11-17H2,(H,26,29)(H,27,28). The fraction of sp³-hybridized carbons (Fsp3) is 0.440. The molecule has 162 valence electrons. The first kappa shape index (κ1) is 20.3. The van der Waals surface area contributed by atoms with Gasteiger partial charge in [-0.1, -0.05) is 85.5 Å². The summed E-state index contributed by atoms with van der Waals surface area (Å²) in [5, 5.41) is 12.7. The van der Waals surface area contributed by atoms with E-state index in [0.29, 0.717) is 12.8 Å². The highest BCUT2D eigenvalue weighted by Gasteiger charge is 2.50. The summed E-state index contributed by atoms with van der Waals surface area (Å²) >= 11 is 0. The minimum Gasteiger partial charge on any atom is -0.480 e. The first-order valence-electron chi connectivity index (χ1n) is 11.4. The second-order valence-electron chi connectivity index (χ2n) is 9.54. The molecule has 2 aromatic carbocycles. The van der Waals surface area contributed by atoms with Crippen LogP contribution < -0.4 is 5.32 Å². The van der Waals surface area contributed by atoms with Crippen molar-refractivity contribution in [1.82, 2.24) is 5.32 Å². The summed E-state index contributed by atoms with van der Waals surface area (Å²) in [5.74, 6) is -0.956. The molecule has 2 N–H and O–H groups in total. The van der Waals surface area contributed by atoms with Gasteiger partial charge >= 0.3 is 12.1 Å². The number of hydrogen-bond donors (Lipinski definition) is 2. The Balaban J connectivity index is 1.27. The summed E-state index contributed by atoms with van der Waals surface area (Å²) in [6.07, 6.45) is 3.06. The number of carboxylic acid groups (broad SMARTS) is 1. The number of benzene rings is 2. The Morgan fingerprint density at radius 1 is 0.935 bits per heavy atom. The van der Waals surface area contributed by atoms with Gasteiger partial charge in [-0.15, -0.1) is 0 Å². The molecular formula is C25H29NO4Si. The highest BCUT2D eigenvalue weighted by molar-refractivity contribution is 6.80. The average molecular weight is 436 g/mol. The van der Waals surface area contributed by atoms with Gasteiger partial charge in [0.05, 0.1) is 8.07 Å². The number of carbonyl (C=O) groups excluding carboxylic acids is 1. The monoisotopic (exact) mass is 435 g/mol. The maximum absolute atomic E-state index is 12.7. The summed E-state index contributed by atoms with van der Waals surface area (Å²) in [6, 6.07) is 21.0. The normalized spacial score (nSPS) is 20.8. The molecule has 1 amide bonds. The molecule has 1 spiro atoms. The Morgan fingerprint density at radius 2 is 1.48 bits per heavy atom. The van der Waals surface area contributed by atoms with Gasteiger partial charge in [0.25, 0.3) is 0 Å². The molecule has 3 aliphatic rings. The first-order chi connectivity index (χ1) is 15.0. The number of nitrogens with one attached hydrogen (secondary N) is 1. The highest BCUT2D eigenvalue weighted by atomic mass is 28.3. The second kappa shape index (κ2) is 7.82. The van der Waals surface area contributed by atoms with Gasteiger partial charge < -0.3 is 15.2 Å². The van der Waals surface area contributed by atoms with Crippen molar-refractivity contribution in [3.63, 3.8) is 0 Å². The van der Waals surface area contributed by atoms with Crippen LogP contribution in [0.15, 0.2) is 48.5 Å². The SMILES string of the molecule is O=C(NC1(C(=O)O)CC[Si]2(CCCC2)CC1)OCC1c2ccccc2-c2ccccc21. The number of carbonyl (C=O) groups is 2. The topological polar surface area (TPSA) is 75.6 Å². The lowest BCUT2D eigenvalue weighted by Crippen LogP contribution is -2.59. The van der Waals surface area contributed by atoms with Crippen LogP contribution in [0.4, 0.5) is 4.79 Å². The number of amides is 1. The maximum atomic E-state index is 12.7. The zero-order chi connectivity index (χ0) is 21.5. The third-order valence-corrected chi connectivity index (χ3v) is 13.4. The number of ether oxygens (including phenoxy) is 1. The molecule has 0 aromatic heterocycles. The molecule has 0 atom stereocenters. The van der Waals surface area contributed by atoms with E-state index < -0.39 is 25.7 Å². The lowest BCUT2D eigenvalue weighted by atomic mass is 9.92. The molecule has 1 aliphatic carbocycles. The Bertz CT molecular complexity index is 959. The van der Waals surface area contributed by atoms with Crippen molar-refractivity contribution in [3.05, 3.63) is 59.7 Å². The van der Waals surface area contributed by atoms with Crippen LogP contribution in [0.2, 0.25) is 24.2 Å². The lowest BCUT2D eigenvalue weighted by molar-refractivity contribution is -0.145. The third-order valence-electron chi connectivity index (χ3n) is 7.92. The van der Waals surface area contributed by atoms with Crippen LogP contribution in [0.25, 0.3) is 11.1 Å². The molecule has 6 heteroatoms. The number of carboxylic acids is 1. The van der Waals surface area contributed by atoms with E-state index in [1.165, 1.54) is 36.1 Å². The highest BCUT2D eigenvalue weighted by Crippen LogP contribution is 2.46. The summed E-state index contributed by atoms with van der Waals surface area (Å²) in [6.45, 7) is 0.203. The van der Waals surface area contributed by atoms with Crippen molar-refractivity contribution < 1.29 is 19.4 Å². The van der Waals surface area contributed by atoms with Gasteiger partial charge in [-0.05, 0) is 35.1 Å². The van der Waals surface area contributed by atoms with E-state index in [1.54, 1.807) is 0 Å². The summed E-state index contributed by atoms with van der Waals surface area (Å²) in [7, 11) is -1.28. The Hall–Kier alpha value is -2.60. The van der Waals surface area contributed by atoms with Gasteiger partial charge in [0, 0.05) is 5.92 Å². The van der Waals surface area contributed by atoms with E-state index >= 15 is 0 Å². The van der Waals surface area contributed by atoms with Gasteiger partial charge in [0.15, 0.2) is 0 Å². The molecule has 0 saturated carbocycles. The summed E-state index contributed by atoms with van der Waals surface area (Å²) < 4.78 is 5.63. The van der Waals surface area contributed by atoms with Crippen molar-refractivity contribution in [2.24, 2.45) is 0 Å². The largest absolute Gasteiger partial charge is 0.480 e. The van der Waals surface area contributed by atoms with Crippen molar-refractivity contribution in [2.75, 3.05) is 6.61 Å². The second-order valence-corrected chi connectivity index (χ2v) is 14.5. The van der Waals surface area contributed by atoms with Crippen molar-refractivity contribution in [3.8, 4) is 11.1 Å². The summed E-state index contributed by atoms with van der Waals surface area (Å²) in [4.78, 5) is 24.9. The molecule has 5 nitrogen and oxygen atoms in total. The zero-order valence-electron chi connectivity index (χ0n) is 17.7. The molecule has 0 bridgehead atoms. The van der Waals surface area contributed by atoms with E-state index in [2.05, 4.69) is 29.6 Å². The van der Waals surface area contributed by atoms with Crippen molar-refractivity contribution in [2.45, 2.75) is 61.3 Å². The fourth-order valence-electron chi connectivity index (χ4n) is 6.05. The van der Waals surface area contributed by atoms with Gasteiger partial charge in [-0.25, -0.2) is 9.59 Å². The van der Waals surface area contributed by atoms with Crippen LogP contribution in [-0.2, 0) is 9.53 Å². The molecule has 2 aromatic rings. The maximum Gasteiger partial charge on any atom is 0.408 e. The number of aliphatic carboxylic acids is 1. The van der Waals surface area contributed by atoms with Gasteiger partial charge in [0.1, 0.15) is 12.1 Å². The molecule has 31 heavy (non-hydrogen) atoms. The van der Waals surface area contributed by atoms with E-state index in [4.69, 9.17) is 4.74 Å². The molecule has 2 heterocycles. The Labute approximate surface area is 183 Å². The Kier molecular flexibility index (Phi) is 5.13. The number of alkyl carbamates (subject to hydrolysis) is 1. The van der Waals surface area contributed by atoms with Crippen LogP contribution >= 0.6 is 0 Å². The van der Waals surface area contributed by atoms with Gasteiger partial charge in [-0.2, -0.15) is 0 Å². The minimum atomic E-state index is -1.28. The van der Waals surface area contributed by atoms with Crippen molar-refractivity contribution in [1.29, 1.82) is 0 Å². The zero-order valence-corrected chi connectivity index (χ0v) is 18.7. The van der Waals surface area contributed by atoms with Crippen LogP contribution in [0.1, 0.15) is 42.7 Å². The Morgan fingerprint density at radius 3 is 2.03 bits per heavy atom.